The lowest BCUT2D eigenvalue weighted by Gasteiger charge is -2.21. The van der Waals surface area contributed by atoms with Crippen molar-refractivity contribution in [2.75, 3.05) is 18.7 Å². The number of fused-ring (bicyclic) bond motifs is 1. The van der Waals surface area contributed by atoms with Gasteiger partial charge >= 0.3 is 5.97 Å². The zero-order valence-electron chi connectivity index (χ0n) is 17.5. The van der Waals surface area contributed by atoms with E-state index in [9.17, 15) is 9.59 Å². The summed E-state index contributed by atoms with van der Waals surface area (Å²) in [5, 5.41) is 3.98. The van der Waals surface area contributed by atoms with Crippen LogP contribution in [0, 0.1) is 0 Å². The first-order valence-electron chi connectivity index (χ1n) is 10.3. The van der Waals surface area contributed by atoms with Crippen molar-refractivity contribution in [1.82, 2.24) is 0 Å². The number of hydrogen-bond acceptors (Lipinski definition) is 6. The van der Waals surface area contributed by atoms with E-state index in [2.05, 4.69) is 5.32 Å². The minimum Gasteiger partial charge on any atom is -0.462 e. The van der Waals surface area contributed by atoms with E-state index in [4.69, 9.17) is 25.8 Å². The molecule has 0 aromatic heterocycles. The van der Waals surface area contributed by atoms with Crippen LogP contribution >= 0.6 is 11.6 Å². The number of halogens is 1. The number of hydrogen-bond donors (Lipinski definition) is 1. The van der Waals surface area contributed by atoms with Crippen molar-refractivity contribution in [3.05, 3.63) is 88.4 Å². The second-order valence-corrected chi connectivity index (χ2v) is 7.68. The van der Waals surface area contributed by atoms with Crippen LogP contribution in [0.5, 0.6) is 11.5 Å². The molecule has 0 amide bonds. The third-order valence-electron chi connectivity index (χ3n) is 5.09. The highest BCUT2D eigenvalue weighted by Gasteiger charge is 2.21. The van der Waals surface area contributed by atoms with Crippen LogP contribution in [0.4, 0.5) is 5.69 Å². The van der Waals surface area contributed by atoms with Crippen molar-refractivity contribution < 1.29 is 23.8 Å². The number of nitrogens with one attached hydrogen (secondary N) is 1. The fourth-order valence-electron chi connectivity index (χ4n) is 3.44. The summed E-state index contributed by atoms with van der Waals surface area (Å²) < 4.78 is 15.9. The number of benzene rings is 3. The minimum atomic E-state index is -0.371. The Balaban J connectivity index is 1.58. The molecule has 0 spiro atoms. The highest BCUT2D eigenvalue weighted by molar-refractivity contribution is 6.30. The molecule has 0 fully saturated rings. The number of ketones is 1. The van der Waals surface area contributed by atoms with Crippen LogP contribution in [0.25, 0.3) is 0 Å². The molecule has 6 nitrogen and oxygen atoms in total. The molecule has 32 heavy (non-hydrogen) atoms. The first-order valence-corrected chi connectivity index (χ1v) is 10.6. The minimum absolute atomic E-state index is 0.0278. The predicted octanol–water partition coefficient (Wildman–Crippen LogP) is 5.67. The maximum atomic E-state index is 13.0. The number of ether oxygens (including phenoxy) is 3. The van der Waals surface area contributed by atoms with Crippen LogP contribution in [0.15, 0.2) is 66.7 Å². The van der Waals surface area contributed by atoms with Crippen molar-refractivity contribution >= 4 is 29.0 Å². The van der Waals surface area contributed by atoms with E-state index < -0.39 is 0 Å². The monoisotopic (exact) mass is 451 g/mol. The van der Waals surface area contributed by atoms with Gasteiger partial charge in [-0.05, 0) is 73.2 Å². The molecule has 1 aliphatic heterocycles. The first kappa shape index (κ1) is 21.7. The lowest BCUT2D eigenvalue weighted by molar-refractivity contribution is 0.0526. The summed E-state index contributed by atoms with van der Waals surface area (Å²) in [5.74, 6) is 0.922. The van der Waals surface area contributed by atoms with Crippen molar-refractivity contribution in [2.24, 2.45) is 0 Å². The lowest BCUT2D eigenvalue weighted by Crippen LogP contribution is -2.16. The average molecular weight is 452 g/mol. The van der Waals surface area contributed by atoms with Gasteiger partial charge in [0.2, 0.25) is 6.79 Å². The number of esters is 1. The quantitative estimate of drug-likeness (QED) is 0.351. The standard InChI is InChI=1S/C25H22ClNO5/c1-2-30-25(29)17-5-10-20(11-6-17)27-21(14-22(28)16-3-8-19(26)9-4-16)18-7-12-23-24(13-18)32-15-31-23/h3-13,21,27H,2,14-15H2,1H3. The molecule has 1 N–H and O–H groups in total. The summed E-state index contributed by atoms with van der Waals surface area (Å²) in [6.45, 7) is 2.26. The van der Waals surface area contributed by atoms with E-state index >= 15 is 0 Å². The Morgan fingerprint density at radius 3 is 2.38 bits per heavy atom. The number of rotatable bonds is 8. The fraction of sp³-hybridized carbons (Fsp3) is 0.200. The highest BCUT2D eigenvalue weighted by Crippen LogP contribution is 2.36. The van der Waals surface area contributed by atoms with Crippen LogP contribution in [-0.4, -0.2) is 25.2 Å². The number of carbonyl (C=O) groups is 2. The van der Waals surface area contributed by atoms with Crippen molar-refractivity contribution in [1.29, 1.82) is 0 Å². The summed E-state index contributed by atoms with van der Waals surface area (Å²) in [6.07, 6.45) is 0.209. The zero-order chi connectivity index (χ0) is 22.5. The Hall–Kier alpha value is -3.51. The van der Waals surface area contributed by atoms with E-state index in [0.717, 1.165) is 11.3 Å². The molecule has 0 aliphatic carbocycles. The third kappa shape index (κ3) is 5.03. The number of Topliss-reactive ketones (excluding diaryl/α,β-unsaturated/α-hetero) is 1. The van der Waals surface area contributed by atoms with Crippen LogP contribution in [0.3, 0.4) is 0 Å². The van der Waals surface area contributed by atoms with Gasteiger partial charge in [-0.2, -0.15) is 0 Å². The van der Waals surface area contributed by atoms with E-state index in [1.54, 1.807) is 55.5 Å². The summed E-state index contributed by atoms with van der Waals surface area (Å²) in [6, 6.07) is 19.1. The number of anilines is 1. The van der Waals surface area contributed by atoms with Gasteiger partial charge in [0.1, 0.15) is 0 Å². The molecule has 1 atom stereocenters. The van der Waals surface area contributed by atoms with Gasteiger partial charge in [-0.25, -0.2) is 4.79 Å². The third-order valence-corrected chi connectivity index (χ3v) is 5.34. The van der Waals surface area contributed by atoms with Crippen molar-refractivity contribution in [3.63, 3.8) is 0 Å². The molecule has 0 saturated carbocycles. The van der Waals surface area contributed by atoms with Crippen molar-refractivity contribution in [2.45, 2.75) is 19.4 Å². The smallest absolute Gasteiger partial charge is 0.338 e. The molecule has 3 aromatic carbocycles. The van der Waals surface area contributed by atoms with Gasteiger partial charge in [0.25, 0.3) is 0 Å². The van der Waals surface area contributed by atoms with Gasteiger partial charge < -0.3 is 19.5 Å². The lowest BCUT2D eigenvalue weighted by atomic mass is 9.97. The summed E-state index contributed by atoms with van der Waals surface area (Å²) in [5.41, 5.74) is 2.70. The van der Waals surface area contributed by atoms with Gasteiger partial charge in [-0.1, -0.05) is 17.7 Å². The second kappa shape index (κ2) is 9.75. The van der Waals surface area contributed by atoms with Gasteiger partial charge in [-0.15, -0.1) is 0 Å². The first-order chi connectivity index (χ1) is 15.5. The topological polar surface area (TPSA) is 73.9 Å². The second-order valence-electron chi connectivity index (χ2n) is 7.24. The van der Waals surface area contributed by atoms with E-state index in [-0.39, 0.29) is 31.0 Å². The van der Waals surface area contributed by atoms with Crippen LogP contribution < -0.4 is 14.8 Å². The largest absolute Gasteiger partial charge is 0.462 e. The van der Waals surface area contributed by atoms with Crippen LogP contribution in [0.1, 0.15) is 45.7 Å². The van der Waals surface area contributed by atoms with Gasteiger partial charge in [0.05, 0.1) is 18.2 Å². The Bertz CT molecular complexity index is 1110. The SMILES string of the molecule is CCOC(=O)c1ccc(NC(CC(=O)c2ccc(Cl)cc2)c2ccc3c(c2)OCO3)cc1. The molecule has 0 radical (unpaired) electrons. The normalized spacial score (nSPS) is 12.8. The van der Waals surface area contributed by atoms with Gasteiger partial charge in [0, 0.05) is 22.7 Å². The molecule has 3 aromatic rings. The van der Waals surface area contributed by atoms with E-state index in [0.29, 0.717) is 34.3 Å². The molecule has 7 heteroatoms. The molecule has 1 aliphatic rings. The Labute approximate surface area is 191 Å². The fourth-order valence-corrected chi connectivity index (χ4v) is 3.57. The molecular formula is C25H22ClNO5. The van der Waals surface area contributed by atoms with Crippen LogP contribution in [0.2, 0.25) is 5.02 Å². The van der Waals surface area contributed by atoms with Gasteiger partial charge in [0.15, 0.2) is 17.3 Å². The molecule has 1 unspecified atom stereocenters. The Morgan fingerprint density at radius 1 is 0.969 bits per heavy atom. The molecule has 4 rings (SSSR count). The zero-order valence-corrected chi connectivity index (χ0v) is 18.2. The van der Waals surface area contributed by atoms with Gasteiger partial charge in [-0.3, -0.25) is 4.79 Å². The molecule has 0 saturated heterocycles. The highest BCUT2D eigenvalue weighted by atomic mass is 35.5. The summed E-state index contributed by atoms with van der Waals surface area (Å²) >= 11 is 5.95. The summed E-state index contributed by atoms with van der Waals surface area (Å²) in [7, 11) is 0. The Kier molecular flexibility index (Phi) is 6.61. The maximum Gasteiger partial charge on any atom is 0.338 e. The molecule has 0 bridgehead atoms. The number of carbonyl (C=O) groups excluding carboxylic acids is 2. The van der Waals surface area contributed by atoms with Crippen LogP contribution in [-0.2, 0) is 4.74 Å². The molecule has 1 heterocycles. The summed E-state index contributed by atoms with van der Waals surface area (Å²) in [4.78, 5) is 24.9. The molecule has 164 valence electrons. The van der Waals surface area contributed by atoms with E-state index in [1.165, 1.54) is 0 Å². The molecular weight excluding hydrogens is 430 g/mol. The van der Waals surface area contributed by atoms with E-state index in [1.807, 2.05) is 18.2 Å². The Morgan fingerprint density at radius 2 is 1.66 bits per heavy atom. The predicted molar refractivity (Wildman–Crippen MR) is 122 cm³/mol. The van der Waals surface area contributed by atoms with Crippen molar-refractivity contribution in [3.8, 4) is 11.5 Å². The average Bonchev–Trinajstić information content (AvgIpc) is 3.27. The maximum absolute atomic E-state index is 13.0.